The smallest absolute Gasteiger partial charge is 0.352 e. The summed E-state index contributed by atoms with van der Waals surface area (Å²) < 4.78 is 1.28. The first-order chi connectivity index (χ1) is 16.8. The van der Waals surface area contributed by atoms with Gasteiger partial charge in [0.25, 0.3) is 11.8 Å². The molecule has 0 aliphatic carbocycles. The lowest BCUT2D eigenvalue weighted by Crippen LogP contribution is -2.70. The zero-order chi connectivity index (χ0) is 24.7. The van der Waals surface area contributed by atoms with E-state index in [2.05, 4.69) is 25.9 Å². The second kappa shape index (κ2) is 9.28. The van der Waals surface area contributed by atoms with Gasteiger partial charge in [-0.1, -0.05) is 24.3 Å². The Kier molecular flexibility index (Phi) is 6.17. The first-order valence-corrected chi connectivity index (χ1v) is 12.5. The fraction of sp³-hybridized carbons (Fsp3) is 0.286. The molecule has 0 spiro atoms. The Morgan fingerprint density at radius 2 is 2.09 bits per heavy atom. The van der Waals surface area contributed by atoms with Crippen molar-refractivity contribution >= 4 is 47.0 Å². The van der Waals surface area contributed by atoms with E-state index in [0.717, 1.165) is 5.56 Å². The minimum atomic E-state index is -1.43. The van der Waals surface area contributed by atoms with Gasteiger partial charge in [0, 0.05) is 11.5 Å². The van der Waals surface area contributed by atoms with Crippen LogP contribution in [0.15, 0.2) is 52.7 Å². The summed E-state index contributed by atoms with van der Waals surface area (Å²) in [4.78, 5) is 38.8. The normalized spacial score (nSPS) is 20.4. The number of carboxylic acid groups (broad SMARTS) is 1. The molecular weight excluding hydrogens is 494 g/mol. The van der Waals surface area contributed by atoms with E-state index in [9.17, 15) is 24.6 Å². The highest BCUT2D eigenvalue weighted by Gasteiger charge is 2.54. The summed E-state index contributed by atoms with van der Waals surface area (Å²) in [5.41, 5.74) is 2.17. The monoisotopic (exact) mass is 513 g/mol. The number of benzene rings is 1. The van der Waals surface area contributed by atoms with Crippen LogP contribution in [-0.2, 0) is 14.4 Å². The molecule has 35 heavy (non-hydrogen) atoms. The van der Waals surface area contributed by atoms with Gasteiger partial charge in [0.15, 0.2) is 11.8 Å². The van der Waals surface area contributed by atoms with Crippen LogP contribution in [0.4, 0.5) is 0 Å². The van der Waals surface area contributed by atoms with Crippen LogP contribution in [0.25, 0.3) is 5.65 Å². The van der Waals surface area contributed by atoms with Gasteiger partial charge in [-0.15, -0.1) is 38.4 Å². The highest BCUT2D eigenvalue weighted by molar-refractivity contribution is 8.01. The van der Waals surface area contributed by atoms with Crippen molar-refractivity contribution in [3.8, 4) is 0 Å². The Morgan fingerprint density at radius 1 is 1.29 bits per heavy atom. The molecule has 1 fully saturated rings. The summed E-state index contributed by atoms with van der Waals surface area (Å²) in [6.07, 6.45) is -1.43. The van der Waals surface area contributed by atoms with Crippen LogP contribution in [0, 0.1) is 6.92 Å². The van der Waals surface area contributed by atoms with Crippen LogP contribution < -0.4 is 5.32 Å². The van der Waals surface area contributed by atoms with Gasteiger partial charge in [-0.25, -0.2) is 4.79 Å². The van der Waals surface area contributed by atoms with Gasteiger partial charge in [-0.2, -0.15) is 0 Å². The van der Waals surface area contributed by atoms with Crippen LogP contribution in [0.3, 0.4) is 0 Å². The number of aliphatic carboxylic acids is 1. The van der Waals surface area contributed by atoms with E-state index in [-0.39, 0.29) is 5.70 Å². The number of thioether (sulfide) groups is 2. The molecule has 12 nitrogen and oxygen atoms in total. The Balaban J connectivity index is 1.29. The summed E-state index contributed by atoms with van der Waals surface area (Å²) in [6.45, 7) is 1.78. The number of aliphatic hydroxyl groups excluding tert-OH is 1. The van der Waals surface area contributed by atoms with Crippen molar-refractivity contribution in [3.63, 3.8) is 0 Å². The van der Waals surface area contributed by atoms with Gasteiger partial charge in [-0.3, -0.25) is 14.5 Å². The molecule has 3 aromatic rings. The lowest BCUT2D eigenvalue weighted by Gasteiger charge is -2.49. The van der Waals surface area contributed by atoms with Crippen molar-refractivity contribution in [2.24, 2.45) is 0 Å². The average Bonchev–Trinajstić information content (AvgIpc) is 3.33. The number of carbonyl (C=O) groups excluding carboxylic acids is 2. The lowest BCUT2D eigenvalue weighted by atomic mass is 10.0. The number of aromatic nitrogens is 5. The standard InChI is InChI=1S/C21H19N7O5S2/c1-10-4-2-3-5-12(10)17(29)18(30)22-15-19(31)27-16(21(32)33)11(9-35-20(15)27)8-34-14-7-6-13-23-25-26-28(13)24-14/h2-7,15,17,20,29H,8-9H2,1H3,(H,22,30)(H,32,33)/t15?,17?,20-/m0/s1. The van der Waals surface area contributed by atoms with Crippen molar-refractivity contribution in [1.29, 1.82) is 0 Å². The third-order valence-corrected chi connectivity index (χ3v) is 8.06. The zero-order valence-electron chi connectivity index (χ0n) is 18.2. The Labute approximate surface area is 206 Å². The van der Waals surface area contributed by atoms with Gasteiger partial charge < -0.3 is 15.5 Å². The van der Waals surface area contributed by atoms with Crippen molar-refractivity contribution in [1.82, 2.24) is 35.5 Å². The predicted molar refractivity (Wildman–Crippen MR) is 125 cm³/mol. The van der Waals surface area contributed by atoms with E-state index >= 15 is 0 Å². The molecule has 0 bridgehead atoms. The van der Waals surface area contributed by atoms with Crippen LogP contribution in [-0.4, -0.2) is 81.1 Å². The second-order valence-corrected chi connectivity index (χ2v) is 10.00. The number of β-lactam (4-membered cyclic amide) rings is 1. The van der Waals surface area contributed by atoms with E-state index < -0.39 is 35.3 Å². The van der Waals surface area contributed by atoms with Gasteiger partial charge in [0.1, 0.15) is 22.1 Å². The zero-order valence-corrected chi connectivity index (χ0v) is 19.9. The fourth-order valence-corrected chi connectivity index (χ4v) is 6.27. The number of aliphatic hydroxyl groups is 1. The fourth-order valence-electron chi connectivity index (χ4n) is 3.93. The summed E-state index contributed by atoms with van der Waals surface area (Å²) in [5.74, 6) is -1.78. The molecular formula is C21H19N7O5S2. The van der Waals surface area contributed by atoms with Crippen LogP contribution in [0.1, 0.15) is 17.2 Å². The number of fused-ring (bicyclic) bond motifs is 2. The number of tetrazole rings is 1. The number of amides is 2. The van der Waals surface area contributed by atoms with Crippen molar-refractivity contribution in [3.05, 3.63) is 58.8 Å². The van der Waals surface area contributed by atoms with Crippen molar-refractivity contribution < 1.29 is 24.6 Å². The van der Waals surface area contributed by atoms with Crippen LogP contribution in [0.5, 0.6) is 0 Å². The largest absolute Gasteiger partial charge is 0.477 e. The molecule has 2 aliphatic rings. The minimum Gasteiger partial charge on any atom is -0.477 e. The number of rotatable bonds is 7. The molecule has 0 radical (unpaired) electrons. The average molecular weight is 514 g/mol. The molecule has 180 valence electrons. The lowest BCUT2D eigenvalue weighted by molar-refractivity contribution is -0.151. The van der Waals surface area contributed by atoms with E-state index in [0.29, 0.717) is 33.3 Å². The van der Waals surface area contributed by atoms with Gasteiger partial charge >= 0.3 is 5.97 Å². The third kappa shape index (κ3) is 4.24. The molecule has 2 aromatic heterocycles. The summed E-state index contributed by atoms with van der Waals surface area (Å²) in [5, 5.41) is 38.3. The molecule has 3 atom stereocenters. The molecule has 1 saturated heterocycles. The van der Waals surface area contributed by atoms with E-state index in [1.54, 1.807) is 43.3 Å². The summed E-state index contributed by atoms with van der Waals surface area (Å²) >= 11 is 2.67. The predicted octanol–water partition coefficient (Wildman–Crippen LogP) is 0.392. The van der Waals surface area contributed by atoms with E-state index in [1.165, 1.54) is 33.1 Å². The number of carbonyl (C=O) groups is 3. The molecule has 2 aliphatic heterocycles. The number of aryl methyl sites for hydroxylation is 1. The Morgan fingerprint density at radius 3 is 2.86 bits per heavy atom. The Bertz CT molecular complexity index is 1380. The van der Waals surface area contributed by atoms with Crippen molar-refractivity contribution in [2.75, 3.05) is 11.5 Å². The van der Waals surface area contributed by atoms with Gasteiger partial charge in [-0.05, 0) is 46.2 Å². The quantitative estimate of drug-likeness (QED) is 0.296. The van der Waals surface area contributed by atoms with Gasteiger partial charge in [0.2, 0.25) is 0 Å². The maximum absolute atomic E-state index is 12.9. The number of nitrogens with zero attached hydrogens (tertiary/aromatic N) is 6. The SMILES string of the molecule is Cc1ccccc1C(O)C(=O)NC1C(=O)N2C(C(=O)O)=C(CSc3ccc4nnnn4n3)CS[C@@H]12. The number of hydrogen-bond acceptors (Lipinski definition) is 10. The minimum absolute atomic E-state index is 0.0836. The summed E-state index contributed by atoms with van der Waals surface area (Å²) in [7, 11) is 0. The highest BCUT2D eigenvalue weighted by atomic mass is 32.2. The molecule has 5 rings (SSSR count). The molecule has 1 aromatic carbocycles. The molecule has 0 saturated carbocycles. The number of hydrogen-bond donors (Lipinski definition) is 3. The first-order valence-electron chi connectivity index (χ1n) is 10.5. The maximum atomic E-state index is 12.9. The highest BCUT2D eigenvalue weighted by Crippen LogP contribution is 2.41. The summed E-state index contributed by atoms with van der Waals surface area (Å²) in [6, 6.07) is 9.45. The molecule has 4 heterocycles. The molecule has 3 N–H and O–H groups in total. The topological polar surface area (TPSA) is 163 Å². The molecule has 14 heteroatoms. The van der Waals surface area contributed by atoms with Gasteiger partial charge in [0.05, 0.1) is 0 Å². The molecule has 2 unspecified atom stereocenters. The van der Waals surface area contributed by atoms with Crippen LogP contribution in [0.2, 0.25) is 0 Å². The van der Waals surface area contributed by atoms with Crippen molar-refractivity contribution in [2.45, 2.75) is 29.5 Å². The third-order valence-electron chi connectivity index (χ3n) is 5.72. The van der Waals surface area contributed by atoms with E-state index in [4.69, 9.17) is 0 Å². The first kappa shape index (κ1) is 23.3. The van der Waals surface area contributed by atoms with E-state index in [1.807, 2.05) is 0 Å². The maximum Gasteiger partial charge on any atom is 0.352 e. The Hall–Kier alpha value is -3.49. The number of nitrogens with one attached hydrogen (secondary N) is 1. The second-order valence-electron chi connectivity index (χ2n) is 7.90. The molecule has 2 amide bonds. The number of carboxylic acids is 1. The van der Waals surface area contributed by atoms with Crippen LogP contribution >= 0.6 is 23.5 Å².